The second-order valence-electron chi connectivity index (χ2n) is 3.13. The van der Waals surface area contributed by atoms with Crippen LogP contribution in [0.1, 0.15) is 0 Å². The largest absolute Gasteiger partial charge is 0.442 e. The number of rotatable bonds is 1. The predicted molar refractivity (Wildman–Crippen MR) is 63.7 cm³/mol. The molecule has 0 aromatic heterocycles. The lowest BCUT2D eigenvalue weighted by Gasteiger charge is -1.98. The van der Waals surface area contributed by atoms with Gasteiger partial charge in [0.15, 0.2) is 0 Å². The minimum Gasteiger partial charge on any atom is -0.332 e. The van der Waals surface area contributed by atoms with Crippen LogP contribution in [0.15, 0.2) is 60.7 Å². The molecule has 88 valence electrons. The molecule has 17 heavy (non-hydrogen) atoms. The maximum atomic E-state index is 10.1. The Hall–Kier alpha value is -2.36. The van der Waals surface area contributed by atoms with Gasteiger partial charge in [0.05, 0.1) is 0 Å². The summed E-state index contributed by atoms with van der Waals surface area (Å²) < 4.78 is 10.1. The number of primary amides is 1. The quantitative estimate of drug-likeness (QED) is 0.821. The van der Waals surface area contributed by atoms with Gasteiger partial charge < -0.3 is 5.73 Å². The molecule has 2 aromatic rings. The fourth-order valence-electron chi connectivity index (χ4n) is 1.26. The molecule has 0 radical (unpaired) electrons. The molecular formula is C13H12FNO2. The highest BCUT2D eigenvalue weighted by Gasteiger charge is 1.91. The van der Waals surface area contributed by atoms with Crippen LogP contribution >= 0.6 is 0 Å². The van der Waals surface area contributed by atoms with E-state index in [1.807, 2.05) is 12.1 Å². The van der Waals surface area contributed by atoms with Crippen LogP contribution in [0, 0.1) is 0 Å². The minimum absolute atomic E-state index is 1.28. The van der Waals surface area contributed by atoms with Gasteiger partial charge in [-0.1, -0.05) is 60.7 Å². The normalized spacial score (nSPS) is 8.76. The molecule has 0 fully saturated rings. The number of benzene rings is 2. The van der Waals surface area contributed by atoms with E-state index in [0.717, 1.165) is 0 Å². The van der Waals surface area contributed by atoms with Crippen LogP contribution in [0.5, 0.6) is 0 Å². The van der Waals surface area contributed by atoms with E-state index in [1.165, 1.54) is 11.1 Å². The monoisotopic (exact) mass is 233 g/mol. The molecule has 0 aliphatic rings. The lowest BCUT2D eigenvalue weighted by Crippen LogP contribution is -2.06. The number of nitrogens with two attached hydrogens (primary N) is 1. The van der Waals surface area contributed by atoms with Crippen molar-refractivity contribution in [3.63, 3.8) is 0 Å². The lowest BCUT2D eigenvalue weighted by molar-refractivity contribution is -0.0572. The van der Waals surface area contributed by atoms with Gasteiger partial charge in [0.2, 0.25) is 0 Å². The fourth-order valence-corrected chi connectivity index (χ4v) is 1.26. The molecule has 0 bridgehead atoms. The number of carbonyl (C=O) groups excluding carboxylic acids is 1. The van der Waals surface area contributed by atoms with E-state index in [4.69, 9.17) is 4.79 Å². The van der Waals surface area contributed by atoms with Crippen molar-refractivity contribution >= 4 is 6.09 Å². The van der Waals surface area contributed by atoms with Crippen LogP contribution in [0.3, 0.4) is 0 Å². The van der Waals surface area contributed by atoms with E-state index < -0.39 is 6.09 Å². The van der Waals surface area contributed by atoms with Gasteiger partial charge in [0.25, 0.3) is 0 Å². The highest BCUT2D eigenvalue weighted by molar-refractivity contribution is 5.63. The standard InChI is InChI=1S/C12H10.CH2FNO2/c1-3-7-11(8-4-1)12-9-5-2-6-10-12;2-5-1(3)4/h1-10H;(H2,3,4). The molecule has 3 nitrogen and oxygen atoms in total. The molecule has 2 rings (SSSR count). The molecule has 2 aromatic carbocycles. The van der Waals surface area contributed by atoms with Crippen LogP contribution in [-0.2, 0) is 4.94 Å². The van der Waals surface area contributed by atoms with Crippen molar-refractivity contribution in [2.75, 3.05) is 0 Å². The average molecular weight is 233 g/mol. The summed E-state index contributed by atoms with van der Waals surface area (Å²) in [6.45, 7) is 0. The fraction of sp³-hybridized carbons (Fsp3) is 0. The van der Waals surface area contributed by atoms with Crippen molar-refractivity contribution in [3.8, 4) is 11.1 Å². The Morgan fingerprint density at radius 2 is 1.18 bits per heavy atom. The molecule has 1 amide bonds. The van der Waals surface area contributed by atoms with Crippen LogP contribution in [-0.4, -0.2) is 6.09 Å². The predicted octanol–water partition coefficient (Wildman–Crippen LogP) is 3.32. The molecule has 0 aliphatic carbocycles. The molecule has 2 N–H and O–H groups in total. The SMILES string of the molecule is NC(=O)OF.c1ccc(-c2ccccc2)cc1. The first-order valence-electron chi connectivity index (χ1n) is 4.92. The van der Waals surface area contributed by atoms with Crippen molar-refractivity contribution < 1.29 is 14.3 Å². The Morgan fingerprint density at radius 1 is 0.882 bits per heavy atom. The van der Waals surface area contributed by atoms with Gasteiger partial charge in [-0.3, -0.25) is 0 Å². The molecular weight excluding hydrogens is 221 g/mol. The zero-order chi connectivity index (χ0) is 12.5. The van der Waals surface area contributed by atoms with Gasteiger partial charge in [0, 0.05) is 4.53 Å². The van der Waals surface area contributed by atoms with Crippen molar-refractivity contribution in [2.45, 2.75) is 0 Å². The van der Waals surface area contributed by atoms with Crippen molar-refractivity contribution in [1.82, 2.24) is 0 Å². The first-order chi connectivity index (χ1) is 8.24. The van der Waals surface area contributed by atoms with Gasteiger partial charge in [-0.15, -0.1) is 0 Å². The topological polar surface area (TPSA) is 52.3 Å². The number of hydrogen-bond acceptors (Lipinski definition) is 2. The van der Waals surface area contributed by atoms with Crippen LogP contribution in [0.2, 0.25) is 0 Å². The third-order valence-corrected chi connectivity index (χ3v) is 1.96. The summed E-state index contributed by atoms with van der Waals surface area (Å²) in [6.07, 6.45) is -1.41. The van der Waals surface area contributed by atoms with E-state index in [2.05, 4.69) is 59.2 Å². The summed E-state index contributed by atoms with van der Waals surface area (Å²) >= 11 is 0. The highest BCUT2D eigenvalue weighted by atomic mass is 19.3. The Morgan fingerprint density at radius 3 is 1.41 bits per heavy atom. The molecule has 0 heterocycles. The van der Waals surface area contributed by atoms with Crippen LogP contribution < -0.4 is 5.73 Å². The maximum absolute atomic E-state index is 10.1. The zero-order valence-corrected chi connectivity index (χ0v) is 9.05. The molecule has 0 aliphatic heterocycles. The molecule has 0 spiro atoms. The Labute approximate surface area is 98.5 Å². The van der Waals surface area contributed by atoms with E-state index in [9.17, 15) is 4.53 Å². The van der Waals surface area contributed by atoms with Gasteiger partial charge >= 0.3 is 6.09 Å². The number of hydrogen-bond donors (Lipinski definition) is 1. The first-order valence-corrected chi connectivity index (χ1v) is 4.92. The Kier molecular flexibility index (Phi) is 5.24. The highest BCUT2D eigenvalue weighted by Crippen LogP contribution is 2.17. The maximum Gasteiger partial charge on any atom is 0.442 e. The second-order valence-corrected chi connectivity index (χ2v) is 3.13. The molecule has 0 unspecified atom stereocenters. The third kappa shape index (κ3) is 4.79. The summed E-state index contributed by atoms with van der Waals surface area (Å²) in [6, 6.07) is 20.8. The Balaban J connectivity index is 0.000000249. The zero-order valence-electron chi connectivity index (χ0n) is 9.05. The summed E-state index contributed by atoms with van der Waals surface area (Å²) in [7, 11) is 0. The van der Waals surface area contributed by atoms with Crippen molar-refractivity contribution in [2.24, 2.45) is 5.73 Å². The Bertz CT molecular complexity index is 408. The molecule has 0 saturated carbocycles. The number of amides is 1. The van der Waals surface area contributed by atoms with Crippen LogP contribution in [0.25, 0.3) is 11.1 Å². The summed E-state index contributed by atoms with van der Waals surface area (Å²) in [5.74, 6) is 0. The summed E-state index contributed by atoms with van der Waals surface area (Å²) in [5, 5.41) is 0. The average Bonchev–Trinajstić information content (AvgIpc) is 2.41. The van der Waals surface area contributed by atoms with E-state index in [1.54, 1.807) is 0 Å². The summed E-state index contributed by atoms with van der Waals surface area (Å²) in [5.41, 5.74) is 6.61. The second kappa shape index (κ2) is 7.00. The van der Waals surface area contributed by atoms with E-state index in [-0.39, 0.29) is 0 Å². The van der Waals surface area contributed by atoms with Gasteiger partial charge in [-0.2, -0.15) is 0 Å². The van der Waals surface area contributed by atoms with Crippen molar-refractivity contribution in [3.05, 3.63) is 60.7 Å². The third-order valence-electron chi connectivity index (χ3n) is 1.96. The summed E-state index contributed by atoms with van der Waals surface area (Å²) in [4.78, 5) is 11.4. The van der Waals surface area contributed by atoms with E-state index in [0.29, 0.717) is 0 Å². The van der Waals surface area contributed by atoms with Gasteiger partial charge in [-0.25, -0.2) is 9.74 Å². The molecule has 0 saturated heterocycles. The first kappa shape index (κ1) is 12.7. The lowest BCUT2D eigenvalue weighted by atomic mass is 10.1. The van der Waals surface area contributed by atoms with Gasteiger partial charge in [0.1, 0.15) is 0 Å². The van der Waals surface area contributed by atoms with Gasteiger partial charge in [-0.05, 0) is 11.1 Å². The van der Waals surface area contributed by atoms with Crippen molar-refractivity contribution in [1.29, 1.82) is 0 Å². The number of carbonyl (C=O) groups is 1. The van der Waals surface area contributed by atoms with Crippen LogP contribution in [0.4, 0.5) is 9.32 Å². The smallest absolute Gasteiger partial charge is 0.332 e. The number of halogens is 1. The minimum atomic E-state index is -1.41. The molecule has 4 heteroatoms. The molecule has 0 atom stereocenters. The van der Waals surface area contributed by atoms with E-state index >= 15 is 0 Å².